The van der Waals surface area contributed by atoms with E-state index in [1.807, 2.05) is 0 Å². The van der Waals surface area contributed by atoms with Gasteiger partial charge in [0.1, 0.15) is 0 Å². The molecule has 0 atom stereocenters. The Labute approximate surface area is 49.7 Å². The van der Waals surface area contributed by atoms with Gasteiger partial charge in [0.2, 0.25) is 0 Å². The fourth-order valence-electron chi connectivity index (χ4n) is 0.198. The van der Waals surface area contributed by atoms with Crippen LogP contribution in [0.4, 0.5) is 13.2 Å². The zero-order valence-electron chi connectivity index (χ0n) is 3.83. The Bertz CT molecular complexity index is 97.2. The summed E-state index contributed by atoms with van der Waals surface area (Å²) in [6, 6.07) is 0. The predicted molar refractivity (Wildman–Crippen MR) is 27.5 cm³/mol. The first-order valence-corrected chi connectivity index (χ1v) is 2.18. The first kappa shape index (κ1) is 7.68. The molecule has 8 heavy (non-hydrogen) atoms. The molecule has 0 aliphatic carbocycles. The van der Waals surface area contributed by atoms with E-state index < -0.39 is 17.6 Å². The first-order chi connectivity index (χ1) is 3.42. The molecular weight excluding hydrogens is 139 g/mol. The Morgan fingerprint density at radius 1 is 1.50 bits per heavy atom. The summed E-state index contributed by atoms with van der Waals surface area (Å²) >= 11 is 4.00. The Balaban J connectivity index is 3.55. The van der Waals surface area contributed by atoms with Gasteiger partial charge in [0.15, 0.2) is 0 Å². The molecule has 2 N–H and O–H groups in total. The van der Waals surface area contributed by atoms with Gasteiger partial charge in [-0.1, -0.05) is 12.2 Å². The van der Waals surface area contributed by atoms with Crippen molar-refractivity contribution in [2.75, 3.05) is 0 Å². The normalized spacial score (nSPS) is 11.4. The van der Waals surface area contributed by atoms with Crippen molar-refractivity contribution in [1.82, 2.24) is 0 Å². The molecule has 0 unspecified atom stereocenters. The van der Waals surface area contributed by atoms with Crippen molar-refractivity contribution < 1.29 is 13.2 Å². The summed E-state index contributed by atoms with van der Waals surface area (Å²) in [5.41, 5.74) is 4.59. The summed E-state index contributed by atoms with van der Waals surface area (Å²) in [7, 11) is 0. The number of thiocarbonyl (C=S) groups is 1. The van der Waals surface area contributed by atoms with E-state index in [0.29, 0.717) is 0 Å². The molecule has 0 fully saturated rings. The van der Waals surface area contributed by atoms with E-state index in [1.165, 1.54) is 0 Å². The van der Waals surface area contributed by atoms with Gasteiger partial charge in [0.05, 0.1) is 11.4 Å². The molecule has 0 radical (unpaired) electrons. The number of hydrogen-bond donors (Lipinski definition) is 1. The highest BCUT2D eigenvalue weighted by atomic mass is 32.1. The van der Waals surface area contributed by atoms with Crippen molar-refractivity contribution in [2.45, 2.75) is 12.6 Å². The lowest BCUT2D eigenvalue weighted by Crippen LogP contribution is -2.19. The van der Waals surface area contributed by atoms with Crippen LogP contribution in [-0.2, 0) is 0 Å². The average molecular weight is 143 g/mol. The van der Waals surface area contributed by atoms with Crippen LogP contribution in [-0.4, -0.2) is 11.2 Å². The number of hydrogen-bond acceptors (Lipinski definition) is 1. The van der Waals surface area contributed by atoms with E-state index in [2.05, 4.69) is 18.0 Å². The molecule has 0 saturated heterocycles. The number of rotatable bonds is 1. The lowest BCUT2D eigenvalue weighted by Gasteiger charge is -2.01. The van der Waals surface area contributed by atoms with Crippen molar-refractivity contribution in [3.63, 3.8) is 0 Å². The summed E-state index contributed by atoms with van der Waals surface area (Å²) in [5, 5.41) is 0. The Kier molecular flexibility index (Phi) is 2.21. The molecule has 0 bridgehead atoms. The third kappa shape index (κ3) is 5.68. The summed E-state index contributed by atoms with van der Waals surface area (Å²) in [6.45, 7) is 0. The Morgan fingerprint density at radius 3 is 1.88 bits per heavy atom. The molecule has 0 amide bonds. The highest BCUT2D eigenvalue weighted by Crippen LogP contribution is 2.18. The van der Waals surface area contributed by atoms with Crippen LogP contribution in [0.25, 0.3) is 0 Å². The highest BCUT2D eigenvalue weighted by Gasteiger charge is 2.27. The summed E-state index contributed by atoms with van der Waals surface area (Å²) in [6.07, 6.45) is -5.41. The average Bonchev–Trinajstić information content (AvgIpc) is 1.21. The molecule has 0 aliphatic heterocycles. The third-order valence-electron chi connectivity index (χ3n) is 0.375. The molecule has 0 aromatic heterocycles. The minimum absolute atomic E-state index is 0.516. The molecular formula is C3H4F3NS. The quantitative estimate of drug-likeness (QED) is 0.558. The lowest BCUT2D eigenvalue weighted by atomic mass is 10.4. The molecule has 0 heterocycles. The van der Waals surface area contributed by atoms with Crippen LogP contribution in [0.3, 0.4) is 0 Å². The predicted octanol–water partition coefficient (Wildman–Crippen LogP) is 1.22. The molecule has 1 nitrogen and oxygen atoms in total. The van der Waals surface area contributed by atoms with Gasteiger partial charge in [-0.25, -0.2) is 0 Å². The molecule has 0 aliphatic rings. The summed E-state index contributed by atoms with van der Waals surface area (Å²) < 4.78 is 33.4. The SMILES string of the molecule is NC(=S)CC(F)(F)F. The smallest absolute Gasteiger partial charge is 0.393 e. The van der Waals surface area contributed by atoms with E-state index in [-0.39, 0.29) is 0 Å². The van der Waals surface area contributed by atoms with E-state index in [9.17, 15) is 13.2 Å². The van der Waals surface area contributed by atoms with Gasteiger partial charge in [-0.15, -0.1) is 0 Å². The topological polar surface area (TPSA) is 26.0 Å². The molecule has 0 aromatic carbocycles. The van der Waals surface area contributed by atoms with Gasteiger partial charge in [-0.3, -0.25) is 0 Å². The third-order valence-corrected chi connectivity index (χ3v) is 0.519. The second-order valence-electron chi connectivity index (χ2n) is 1.26. The van der Waals surface area contributed by atoms with Gasteiger partial charge in [-0.2, -0.15) is 13.2 Å². The monoisotopic (exact) mass is 143 g/mol. The van der Waals surface area contributed by atoms with Crippen molar-refractivity contribution in [3.8, 4) is 0 Å². The zero-order chi connectivity index (χ0) is 6.78. The van der Waals surface area contributed by atoms with Crippen molar-refractivity contribution >= 4 is 17.2 Å². The summed E-state index contributed by atoms with van der Waals surface area (Å²) in [5.74, 6) is 0. The van der Waals surface area contributed by atoms with Gasteiger partial charge in [0, 0.05) is 0 Å². The molecule has 48 valence electrons. The van der Waals surface area contributed by atoms with Gasteiger partial charge >= 0.3 is 6.18 Å². The fourth-order valence-corrected chi connectivity index (χ4v) is 0.361. The van der Waals surface area contributed by atoms with Gasteiger partial charge < -0.3 is 5.73 Å². The fraction of sp³-hybridized carbons (Fsp3) is 0.667. The molecule has 5 heteroatoms. The number of halogens is 3. The van der Waals surface area contributed by atoms with Crippen LogP contribution in [0.5, 0.6) is 0 Å². The van der Waals surface area contributed by atoms with Crippen molar-refractivity contribution in [3.05, 3.63) is 0 Å². The standard InChI is InChI=1S/C3H4F3NS/c4-3(5,6)1-2(7)8/h1H2,(H2,7,8). The van der Waals surface area contributed by atoms with E-state index in [1.54, 1.807) is 0 Å². The molecule has 0 spiro atoms. The van der Waals surface area contributed by atoms with Crippen LogP contribution in [0, 0.1) is 0 Å². The van der Waals surface area contributed by atoms with Crippen LogP contribution in [0.1, 0.15) is 6.42 Å². The minimum atomic E-state index is -4.24. The number of nitrogens with two attached hydrogens (primary N) is 1. The number of alkyl halides is 3. The van der Waals surface area contributed by atoms with Gasteiger partial charge in [0.25, 0.3) is 0 Å². The van der Waals surface area contributed by atoms with Crippen molar-refractivity contribution in [2.24, 2.45) is 5.73 Å². The van der Waals surface area contributed by atoms with Crippen molar-refractivity contribution in [1.29, 1.82) is 0 Å². The highest BCUT2D eigenvalue weighted by molar-refractivity contribution is 7.80. The maximum absolute atomic E-state index is 11.1. The second kappa shape index (κ2) is 2.30. The first-order valence-electron chi connectivity index (χ1n) is 1.77. The Hall–Kier alpha value is -0.320. The molecule has 0 aromatic rings. The Morgan fingerprint density at radius 2 is 1.88 bits per heavy atom. The van der Waals surface area contributed by atoms with Crippen LogP contribution in [0.15, 0.2) is 0 Å². The van der Waals surface area contributed by atoms with E-state index in [4.69, 9.17) is 0 Å². The maximum Gasteiger partial charge on any atom is 0.395 e. The largest absolute Gasteiger partial charge is 0.395 e. The molecule has 0 rings (SSSR count). The molecule has 0 saturated carbocycles. The summed E-state index contributed by atoms with van der Waals surface area (Å²) in [4.78, 5) is -0.516. The van der Waals surface area contributed by atoms with E-state index >= 15 is 0 Å². The lowest BCUT2D eigenvalue weighted by molar-refractivity contribution is -0.120. The van der Waals surface area contributed by atoms with Crippen LogP contribution >= 0.6 is 12.2 Å². The van der Waals surface area contributed by atoms with E-state index in [0.717, 1.165) is 0 Å². The second-order valence-corrected chi connectivity index (χ2v) is 1.78. The zero-order valence-corrected chi connectivity index (χ0v) is 4.64. The van der Waals surface area contributed by atoms with Crippen LogP contribution < -0.4 is 5.73 Å². The van der Waals surface area contributed by atoms with Gasteiger partial charge in [-0.05, 0) is 0 Å². The van der Waals surface area contributed by atoms with Crippen LogP contribution in [0.2, 0.25) is 0 Å². The minimum Gasteiger partial charge on any atom is -0.393 e. The maximum atomic E-state index is 11.1.